The lowest BCUT2D eigenvalue weighted by Gasteiger charge is -2.48. The summed E-state index contributed by atoms with van der Waals surface area (Å²) in [6.07, 6.45) is 5.19. The second kappa shape index (κ2) is 12.8. The van der Waals surface area contributed by atoms with Gasteiger partial charge in [-0.25, -0.2) is 4.98 Å². The smallest absolute Gasteiger partial charge is 0.253 e. The number of benzene rings is 1. The van der Waals surface area contributed by atoms with E-state index < -0.39 is 0 Å². The molecule has 8 heteroatoms. The van der Waals surface area contributed by atoms with Crippen molar-refractivity contribution in [1.82, 2.24) is 20.1 Å². The number of piperazine rings is 1. The first kappa shape index (κ1) is 28.2. The fourth-order valence-electron chi connectivity index (χ4n) is 5.69. The molecule has 0 radical (unpaired) electrons. The predicted molar refractivity (Wildman–Crippen MR) is 154 cm³/mol. The fraction of sp³-hybridized carbons (Fsp3) is 0.586. The van der Waals surface area contributed by atoms with Gasteiger partial charge >= 0.3 is 0 Å². The third-order valence-electron chi connectivity index (χ3n) is 7.42. The van der Waals surface area contributed by atoms with Crippen LogP contribution < -0.4 is 10.2 Å². The normalized spacial score (nSPS) is 20.1. The molecule has 2 saturated heterocycles. The Balaban J connectivity index is 1.38. The second-order valence-corrected chi connectivity index (χ2v) is 12.1. The molecule has 1 unspecified atom stereocenters. The summed E-state index contributed by atoms with van der Waals surface area (Å²) in [5.74, 6) is 1.26. The number of hydrogen-bond acceptors (Lipinski definition) is 5. The zero-order valence-corrected chi connectivity index (χ0v) is 24.1. The Morgan fingerprint density at radius 2 is 1.76 bits per heavy atom. The summed E-state index contributed by atoms with van der Waals surface area (Å²) in [5, 5.41) is 4.25. The molecule has 1 aromatic carbocycles. The standard InChI is InChI=1S/C29H41Cl2N5O/c1-20(2)15-26-19-35(28-27(31)16-23(17-32-28)29(37)33-21(3)4)13-14-36(26)25-9-11-34(12-10-25)18-22-5-7-24(30)8-6-22/h5-8,16-17,20-21,25-26H,9-15,18-19H2,1-4H3,(H,33,37). The van der Waals surface area contributed by atoms with Gasteiger partial charge in [0.15, 0.2) is 0 Å². The third kappa shape index (κ3) is 7.60. The zero-order valence-electron chi connectivity index (χ0n) is 22.6. The maximum Gasteiger partial charge on any atom is 0.253 e. The van der Waals surface area contributed by atoms with Crippen LogP contribution in [0.4, 0.5) is 5.82 Å². The highest BCUT2D eigenvalue weighted by Gasteiger charge is 2.35. The van der Waals surface area contributed by atoms with E-state index in [4.69, 9.17) is 23.2 Å². The lowest BCUT2D eigenvalue weighted by Crippen LogP contribution is -2.59. The van der Waals surface area contributed by atoms with Gasteiger partial charge in [0.25, 0.3) is 5.91 Å². The van der Waals surface area contributed by atoms with Crippen LogP contribution >= 0.6 is 23.2 Å². The Morgan fingerprint density at radius 3 is 2.38 bits per heavy atom. The molecular formula is C29H41Cl2N5O. The minimum Gasteiger partial charge on any atom is -0.353 e. The van der Waals surface area contributed by atoms with Crippen molar-refractivity contribution >= 4 is 34.9 Å². The van der Waals surface area contributed by atoms with Crippen molar-refractivity contribution in [2.75, 3.05) is 37.6 Å². The molecule has 0 bridgehead atoms. The molecule has 0 aliphatic carbocycles. The number of anilines is 1. The van der Waals surface area contributed by atoms with Crippen LogP contribution in [0.1, 0.15) is 62.9 Å². The number of amides is 1. The van der Waals surface area contributed by atoms with Crippen LogP contribution in [-0.2, 0) is 6.54 Å². The van der Waals surface area contributed by atoms with Crippen molar-refractivity contribution in [1.29, 1.82) is 0 Å². The number of piperidine rings is 1. The highest BCUT2D eigenvalue weighted by molar-refractivity contribution is 6.33. The van der Waals surface area contributed by atoms with Crippen molar-refractivity contribution in [2.45, 2.75) is 71.6 Å². The topological polar surface area (TPSA) is 51.7 Å². The molecule has 2 aromatic rings. The highest BCUT2D eigenvalue weighted by Crippen LogP contribution is 2.31. The number of rotatable bonds is 8. The van der Waals surface area contributed by atoms with E-state index >= 15 is 0 Å². The average molecular weight is 547 g/mol. The molecule has 2 aliphatic rings. The van der Waals surface area contributed by atoms with Gasteiger partial charge < -0.3 is 10.2 Å². The van der Waals surface area contributed by atoms with Gasteiger partial charge in [0.1, 0.15) is 5.82 Å². The SMILES string of the molecule is CC(C)CC1CN(c2ncc(C(=O)NC(C)C)cc2Cl)CCN1C1CCN(Cc2ccc(Cl)cc2)CC1. The van der Waals surface area contributed by atoms with Crippen LogP contribution in [0.3, 0.4) is 0 Å². The van der Waals surface area contributed by atoms with Crippen LogP contribution in [-0.4, -0.2) is 71.5 Å². The summed E-state index contributed by atoms with van der Waals surface area (Å²) in [6, 6.07) is 11.1. The predicted octanol–water partition coefficient (Wildman–Crippen LogP) is 5.73. The molecule has 0 spiro atoms. The van der Waals surface area contributed by atoms with Crippen LogP contribution in [0.5, 0.6) is 0 Å². The van der Waals surface area contributed by atoms with Crippen molar-refractivity contribution in [3.63, 3.8) is 0 Å². The number of hydrogen-bond donors (Lipinski definition) is 1. The van der Waals surface area contributed by atoms with E-state index in [1.807, 2.05) is 26.0 Å². The molecule has 1 atom stereocenters. The number of likely N-dealkylation sites (tertiary alicyclic amines) is 1. The second-order valence-electron chi connectivity index (χ2n) is 11.3. The summed E-state index contributed by atoms with van der Waals surface area (Å²) in [5.41, 5.74) is 1.83. The zero-order chi connectivity index (χ0) is 26.5. The van der Waals surface area contributed by atoms with Crippen molar-refractivity contribution in [3.05, 3.63) is 57.7 Å². The van der Waals surface area contributed by atoms with Gasteiger partial charge in [-0.15, -0.1) is 0 Å². The molecule has 6 nitrogen and oxygen atoms in total. The molecule has 1 aromatic heterocycles. The molecule has 4 rings (SSSR count). The van der Waals surface area contributed by atoms with E-state index in [9.17, 15) is 4.79 Å². The molecule has 2 fully saturated rings. The minimum absolute atomic E-state index is 0.0696. The molecule has 1 amide bonds. The van der Waals surface area contributed by atoms with Crippen molar-refractivity contribution in [2.24, 2.45) is 5.92 Å². The van der Waals surface area contributed by atoms with Gasteiger partial charge in [0, 0.05) is 55.5 Å². The molecule has 0 saturated carbocycles. The Hall–Kier alpha value is -1.86. The maximum absolute atomic E-state index is 12.4. The summed E-state index contributed by atoms with van der Waals surface area (Å²) in [4.78, 5) is 24.7. The Bertz CT molecular complexity index is 1040. The van der Waals surface area contributed by atoms with E-state index in [1.54, 1.807) is 12.3 Å². The van der Waals surface area contributed by atoms with E-state index in [2.05, 4.69) is 51.0 Å². The third-order valence-corrected chi connectivity index (χ3v) is 7.95. The quantitative estimate of drug-likeness (QED) is 0.459. The van der Waals surface area contributed by atoms with Crippen LogP contribution in [0, 0.1) is 5.92 Å². The minimum atomic E-state index is -0.138. The van der Waals surface area contributed by atoms with E-state index in [0.29, 0.717) is 28.6 Å². The number of aromatic nitrogens is 1. The molecule has 37 heavy (non-hydrogen) atoms. The van der Waals surface area contributed by atoms with Crippen molar-refractivity contribution in [3.8, 4) is 0 Å². The molecule has 2 aliphatic heterocycles. The van der Waals surface area contributed by atoms with Gasteiger partial charge in [0.05, 0.1) is 10.6 Å². The number of nitrogens with one attached hydrogen (secondary N) is 1. The molecular weight excluding hydrogens is 505 g/mol. The van der Waals surface area contributed by atoms with E-state index in [1.165, 1.54) is 18.4 Å². The first-order valence-corrected chi connectivity index (χ1v) is 14.4. The maximum atomic E-state index is 12.4. The molecule has 1 N–H and O–H groups in total. The number of halogens is 2. The van der Waals surface area contributed by atoms with Crippen molar-refractivity contribution < 1.29 is 4.79 Å². The summed E-state index contributed by atoms with van der Waals surface area (Å²) in [7, 11) is 0. The number of nitrogens with zero attached hydrogens (tertiary/aromatic N) is 4. The Morgan fingerprint density at radius 1 is 1.05 bits per heavy atom. The van der Waals surface area contributed by atoms with Crippen LogP contribution in [0.25, 0.3) is 0 Å². The van der Waals surface area contributed by atoms with Gasteiger partial charge in [0.2, 0.25) is 0 Å². The lowest BCUT2D eigenvalue weighted by molar-refractivity contribution is 0.0545. The lowest BCUT2D eigenvalue weighted by atomic mass is 9.94. The first-order valence-electron chi connectivity index (χ1n) is 13.6. The fourth-order valence-corrected chi connectivity index (χ4v) is 6.10. The van der Waals surface area contributed by atoms with Crippen LogP contribution in [0.2, 0.25) is 10.0 Å². The molecule has 3 heterocycles. The average Bonchev–Trinajstić information content (AvgIpc) is 2.85. The number of carbonyl (C=O) groups is 1. The summed E-state index contributed by atoms with van der Waals surface area (Å²) < 4.78 is 0. The van der Waals surface area contributed by atoms with Crippen LogP contribution in [0.15, 0.2) is 36.5 Å². The molecule has 202 valence electrons. The monoisotopic (exact) mass is 545 g/mol. The largest absolute Gasteiger partial charge is 0.353 e. The number of carbonyl (C=O) groups excluding carboxylic acids is 1. The van der Waals surface area contributed by atoms with Gasteiger partial charge in [-0.2, -0.15) is 0 Å². The number of pyridine rings is 1. The summed E-state index contributed by atoms with van der Waals surface area (Å²) in [6.45, 7) is 14.5. The van der Waals surface area contributed by atoms with E-state index in [-0.39, 0.29) is 11.9 Å². The van der Waals surface area contributed by atoms with Gasteiger partial charge in [-0.05, 0) is 75.9 Å². The Kier molecular flexibility index (Phi) is 9.73. The Labute approximate surface area is 232 Å². The van der Waals surface area contributed by atoms with Gasteiger partial charge in [-0.1, -0.05) is 49.2 Å². The highest BCUT2D eigenvalue weighted by atomic mass is 35.5. The van der Waals surface area contributed by atoms with E-state index in [0.717, 1.165) is 56.5 Å². The summed E-state index contributed by atoms with van der Waals surface area (Å²) >= 11 is 12.7. The van der Waals surface area contributed by atoms with Gasteiger partial charge in [-0.3, -0.25) is 14.6 Å². The first-order chi connectivity index (χ1) is 17.7.